The third kappa shape index (κ3) is 5.03. The summed E-state index contributed by atoms with van der Waals surface area (Å²) in [5.74, 6) is -0.175. The van der Waals surface area contributed by atoms with Crippen molar-refractivity contribution in [3.8, 4) is 0 Å². The largest absolute Gasteiger partial charge is 0.391 e. The molecule has 5 nitrogen and oxygen atoms in total. The number of carbonyl (C=O) groups is 1. The minimum absolute atomic E-state index is 0.0336. The van der Waals surface area contributed by atoms with Crippen LogP contribution in [0.2, 0.25) is 0 Å². The molecule has 1 saturated carbocycles. The van der Waals surface area contributed by atoms with Gasteiger partial charge in [-0.25, -0.2) is 0 Å². The lowest BCUT2D eigenvalue weighted by Gasteiger charge is -2.34. The van der Waals surface area contributed by atoms with Crippen LogP contribution in [0.25, 0.3) is 0 Å². The van der Waals surface area contributed by atoms with E-state index in [4.69, 9.17) is 0 Å². The highest BCUT2D eigenvalue weighted by Gasteiger charge is 2.33. The van der Waals surface area contributed by atoms with Crippen LogP contribution in [0.15, 0.2) is 30.3 Å². The molecule has 1 saturated heterocycles. The number of carbonyl (C=O) groups excluding carboxylic acids is 1. The molecule has 3 N–H and O–H groups in total. The van der Waals surface area contributed by atoms with E-state index in [1.807, 2.05) is 30.3 Å². The van der Waals surface area contributed by atoms with Crippen LogP contribution in [0, 0.1) is 5.92 Å². The highest BCUT2D eigenvalue weighted by atomic mass is 16.3. The molecule has 1 aromatic rings. The molecule has 2 fully saturated rings. The second-order valence-electron chi connectivity index (χ2n) is 7.21. The maximum Gasteiger partial charge on any atom is 0.249 e. The minimum Gasteiger partial charge on any atom is -0.391 e. The first-order valence-corrected chi connectivity index (χ1v) is 9.04. The van der Waals surface area contributed by atoms with Crippen LogP contribution >= 0.6 is 0 Å². The van der Waals surface area contributed by atoms with Crippen LogP contribution in [-0.2, 0) is 11.2 Å². The Bertz CT molecular complexity index is 525. The van der Waals surface area contributed by atoms with E-state index in [-0.39, 0.29) is 17.9 Å². The summed E-state index contributed by atoms with van der Waals surface area (Å²) in [6.45, 7) is 2.29. The number of β-amino-alcohol motifs (C(OH)–C–C–N with tert-alkyl or cyclic N) is 1. The van der Waals surface area contributed by atoms with Gasteiger partial charge in [0.15, 0.2) is 0 Å². The number of aliphatic hydroxyl groups is 2. The van der Waals surface area contributed by atoms with Crippen LogP contribution in [0.4, 0.5) is 0 Å². The van der Waals surface area contributed by atoms with Gasteiger partial charge < -0.3 is 20.4 Å². The summed E-state index contributed by atoms with van der Waals surface area (Å²) in [6.07, 6.45) is 3.07. The third-order valence-corrected chi connectivity index (χ3v) is 5.05. The Hall–Kier alpha value is -1.43. The van der Waals surface area contributed by atoms with Gasteiger partial charge in [0.25, 0.3) is 0 Å². The van der Waals surface area contributed by atoms with E-state index in [0.717, 1.165) is 44.3 Å². The van der Waals surface area contributed by atoms with E-state index in [9.17, 15) is 15.0 Å². The van der Waals surface area contributed by atoms with Crippen LogP contribution in [0.5, 0.6) is 0 Å². The van der Waals surface area contributed by atoms with Gasteiger partial charge in [-0.3, -0.25) is 4.79 Å². The van der Waals surface area contributed by atoms with Crippen LogP contribution in [-0.4, -0.2) is 58.9 Å². The zero-order valence-electron chi connectivity index (χ0n) is 14.1. The topological polar surface area (TPSA) is 72.8 Å². The van der Waals surface area contributed by atoms with Gasteiger partial charge in [0.05, 0.1) is 6.10 Å². The predicted molar refractivity (Wildman–Crippen MR) is 92.5 cm³/mol. The maximum absolute atomic E-state index is 11.9. The summed E-state index contributed by atoms with van der Waals surface area (Å²) in [5.41, 5.74) is 1.15. The van der Waals surface area contributed by atoms with E-state index in [1.165, 1.54) is 0 Å². The van der Waals surface area contributed by atoms with Gasteiger partial charge in [-0.15, -0.1) is 0 Å². The van der Waals surface area contributed by atoms with Crippen LogP contribution < -0.4 is 5.32 Å². The fraction of sp³-hybridized carbons (Fsp3) is 0.632. The average molecular weight is 332 g/mol. The molecule has 3 rings (SSSR count). The van der Waals surface area contributed by atoms with Crippen molar-refractivity contribution in [3.63, 3.8) is 0 Å². The molecule has 24 heavy (non-hydrogen) atoms. The predicted octanol–water partition coefficient (Wildman–Crippen LogP) is 0.941. The number of piperidine rings is 1. The van der Waals surface area contributed by atoms with Crippen molar-refractivity contribution in [2.45, 2.75) is 50.4 Å². The van der Waals surface area contributed by atoms with Gasteiger partial charge in [0.1, 0.15) is 6.10 Å². The number of amides is 1. The number of hydrogen-bond acceptors (Lipinski definition) is 4. The summed E-state index contributed by atoms with van der Waals surface area (Å²) in [5, 5.41) is 23.4. The summed E-state index contributed by atoms with van der Waals surface area (Å²) in [6, 6.07) is 10.3. The van der Waals surface area contributed by atoms with Crippen molar-refractivity contribution in [1.82, 2.24) is 10.2 Å². The second-order valence-corrected chi connectivity index (χ2v) is 7.21. The molecule has 0 spiro atoms. The van der Waals surface area contributed by atoms with Crippen molar-refractivity contribution in [1.29, 1.82) is 0 Å². The maximum atomic E-state index is 11.9. The smallest absolute Gasteiger partial charge is 0.249 e. The lowest BCUT2D eigenvalue weighted by Crippen LogP contribution is -2.46. The highest BCUT2D eigenvalue weighted by Crippen LogP contribution is 2.23. The fourth-order valence-corrected chi connectivity index (χ4v) is 3.43. The number of likely N-dealkylation sites (tertiary alicyclic amines) is 1. The van der Waals surface area contributed by atoms with Crippen molar-refractivity contribution < 1.29 is 15.0 Å². The number of benzene rings is 1. The number of hydrogen-bond donors (Lipinski definition) is 3. The number of rotatable bonds is 7. The Kier molecular flexibility index (Phi) is 5.87. The van der Waals surface area contributed by atoms with Gasteiger partial charge in [0.2, 0.25) is 5.91 Å². The standard InChI is InChI=1S/C19H28N2O3/c22-17(12-14-4-2-1-3-5-14)13-21-10-8-15(9-11-21)18(23)19(24)20-16-6-7-16/h1-5,15-18,22-23H,6-13H2,(H,20,24)/t17-,18+/m1/s1. The van der Waals surface area contributed by atoms with Gasteiger partial charge in [-0.1, -0.05) is 30.3 Å². The van der Waals surface area contributed by atoms with E-state index >= 15 is 0 Å². The molecular formula is C19H28N2O3. The zero-order valence-corrected chi connectivity index (χ0v) is 14.1. The summed E-state index contributed by atoms with van der Waals surface area (Å²) in [4.78, 5) is 14.2. The van der Waals surface area contributed by atoms with E-state index < -0.39 is 6.10 Å². The lowest BCUT2D eigenvalue weighted by molar-refractivity contribution is -0.133. The van der Waals surface area contributed by atoms with Gasteiger partial charge in [-0.2, -0.15) is 0 Å². The first-order chi connectivity index (χ1) is 11.6. The molecule has 2 aliphatic rings. The molecule has 0 unspecified atom stereocenters. The average Bonchev–Trinajstić information content (AvgIpc) is 3.39. The van der Waals surface area contributed by atoms with Gasteiger partial charge >= 0.3 is 0 Å². The molecule has 2 atom stereocenters. The van der Waals surface area contributed by atoms with Crippen LogP contribution in [0.3, 0.4) is 0 Å². The van der Waals surface area contributed by atoms with Crippen molar-refractivity contribution in [2.75, 3.05) is 19.6 Å². The molecule has 132 valence electrons. The fourth-order valence-electron chi connectivity index (χ4n) is 3.43. The Morgan fingerprint density at radius 1 is 1.12 bits per heavy atom. The second kappa shape index (κ2) is 8.10. The molecular weight excluding hydrogens is 304 g/mol. The summed E-state index contributed by atoms with van der Waals surface area (Å²) >= 11 is 0. The summed E-state index contributed by atoms with van der Waals surface area (Å²) in [7, 11) is 0. The molecule has 1 amide bonds. The number of nitrogens with zero attached hydrogens (tertiary/aromatic N) is 1. The van der Waals surface area contributed by atoms with Crippen molar-refractivity contribution >= 4 is 5.91 Å². The first kappa shape index (κ1) is 17.4. The molecule has 1 heterocycles. The van der Waals surface area contributed by atoms with E-state index in [0.29, 0.717) is 19.0 Å². The Morgan fingerprint density at radius 2 is 1.79 bits per heavy atom. The quantitative estimate of drug-likeness (QED) is 0.695. The molecule has 1 aliphatic heterocycles. The Morgan fingerprint density at radius 3 is 2.42 bits per heavy atom. The Labute approximate surface area is 143 Å². The SMILES string of the molecule is O=C(NC1CC1)[C@@H](O)C1CCN(C[C@H](O)Cc2ccccc2)CC1. The molecule has 1 aromatic carbocycles. The normalized spacial score (nSPS) is 22.1. The first-order valence-electron chi connectivity index (χ1n) is 9.04. The molecule has 0 bridgehead atoms. The van der Waals surface area contributed by atoms with E-state index in [1.54, 1.807) is 0 Å². The molecule has 1 aliphatic carbocycles. The monoisotopic (exact) mass is 332 g/mol. The summed E-state index contributed by atoms with van der Waals surface area (Å²) < 4.78 is 0. The van der Waals surface area contributed by atoms with Crippen molar-refractivity contribution in [3.05, 3.63) is 35.9 Å². The van der Waals surface area contributed by atoms with Gasteiger partial charge in [-0.05, 0) is 56.7 Å². The lowest BCUT2D eigenvalue weighted by atomic mass is 9.90. The van der Waals surface area contributed by atoms with Gasteiger partial charge in [0, 0.05) is 12.6 Å². The Balaban J connectivity index is 1.39. The van der Waals surface area contributed by atoms with Crippen LogP contribution in [0.1, 0.15) is 31.2 Å². The third-order valence-electron chi connectivity index (χ3n) is 5.05. The van der Waals surface area contributed by atoms with Crippen molar-refractivity contribution in [2.24, 2.45) is 5.92 Å². The molecule has 0 radical (unpaired) electrons. The molecule has 5 heteroatoms. The minimum atomic E-state index is -0.887. The number of nitrogens with one attached hydrogen (secondary N) is 1. The molecule has 0 aromatic heterocycles. The van der Waals surface area contributed by atoms with E-state index in [2.05, 4.69) is 10.2 Å². The number of aliphatic hydroxyl groups excluding tert-OH is 2. The zero-order chi connectivity index (χ0) is 16.9. The highest BCUT2D eigenvalue weighted by molar-refractivity contribution is 5.81.